The molecule has 0 saturated carbocycles. The number of carbonyl (C=O) groups excluding carboxylic acids is 1. The highest BCUT2D eigenvalue weighted by Gasteiger charge is 2.26. The predicted molar refractivity (Wildman–Crippen MR) is 117 cm³/mol. The monoisotopic (exact) mass is 446 g/mol. The van der Waals surface area contributed by atoms with Crippen LogP contribution >= 0.6 is 11.6 Å². The quantitative estimate of drug-likeness (QED) is 0.566. The zero-order valence-electron chi connectivity index (χ0n) is 17.3. The second-order valence-corrected chi connectivity index (χ2v) is 7.83. The summed E-state index contributed by atoms with van der Waals surface area (Å²) in [5.41, 5.74) is 0.451. The highest BCUT2D eigenvalue weighted by molar-refractivity contribution is 6.31. The summed E-state index contributed by atoms with van der Waals surface area (Å²) in [6.07, 6.45) is 0. The number of nitrogens with zero attached hydrogens (tertiary/aromatic N) is 5. The Balaban J connectivity index is 1.75. The molecule has 0 atom stereocenters. The first-order valence-corrected chi connectivity index (χ1v) is 10.2. The minimum Gasteiger partial charge on any atom is -0.468 e. The van der Waals surface area contributed by atoms with Gasteiger partial charge in [-0.05, 0) is 11.6 Å². The standard InChI is InChI=1S/C20H23ClN6O4/c1-24-17-16(18(29)23-20(24)30)27(11-13-5-3-4-6-14(13)21)19(22-17)26-9-7-25(8-10-26)12-15(28)31-2/h3-6H,7-12H2,1-2H3,(H,23,29,30). The fourth-order valence-electron chi connectivity index (χ4n) is 3.76. The van der Waals surface area contributed by atoms with Gasteiger partial charge in [-0.15, -0.1) is 0 Å². The molecule has 3 heterocycles. The molecule has 4 rings (SSSR count). The maximum Gasteiger partial charge on any atom is 0.329 e. The second-order valence-electron chi connectivity index (χ2n) is 7.42. The second kappa shape index (κ2) is 8.56. The molecule has 0 radical (unpaired) electrons. The van der Waals surface area contributed by atoms with E-state index in [1.807, 2.05) is 23.1 Å². The number of H-pyrrole nitrogens is 1. The number of imidazole rings is 1. The Morgan fingerprint density at radius 2 is 1.90 bits per heavy atom. The Morgan fingerprint density at radius 1 is 1.19 bits per heavy atom. The number of methoxy groups -OCH3 is 1. The maximum absolute atomic E-state index is 12.7. The Morgan fingerprint density at radius 3 is 2.58 bits per heavy atom. The van der Waals surface area contributed by atoms with E-state index in [0.29, 0.717) is 54.9 Å². The lowest BCUT2D eigenvalue weighted by Gasteiger charge is -2.34. The van der Waals surface area contributed by atoms with Gasteiger partial charge in [-0.3, -0.25) is 28.6 Å². The van der Waals surface area contributed by atoms with Crippen molar-refractivity contribution in [1.82, 2.24) is 24.0 Å². The van der Waals surface area contributed by atoms with Gasteiger partial charge in [0.25, 0.3) is 5.56 Å². The fourth-order valence-corrected chi connectivity index (χ4v) is 3.96. The summed E-state index contributed by atoms with van der Waals surface area (Å²) in [7, 11) is 2.95. The van der Waals surface area contributed by atoms with Crippen molar-refractivity contribution in [3.63, 3.8) is 0 Å². The van der Waals surface area contributed by atoms with Gasteiger partial charge >= 0.3 is 11.7 Å². The molecule has 1 N–H and O–H groups in total. The lowest BCUT2D eigenvalue weighted by atomic mass is 10.2. The molecule has 2 aromatic heterocycles. The van der Waals surface area contributed by atoms with Gasteiger partial charge in [0.15, 0.2) is 11.2 Å². The third kappa shape index (κ3) is 4.08. The van der Waals surface area contributed by atoms with Crippen molar-refractivity contribution >= 4 is 34.7 Å². The van der Waals surface area contributed by atoms with Gasteiger partial charge in [0.05, 0.1) is 20.2 Å². The minimum absolute atomic E-state index is 0.231. The van der Waals surface area contributed by atoms with Crippen molar-refractivity contribution in [3.8, 4) is 0 Å². The van der Waals surface area contributed by atoms with E-state index in [4.69, 9.17) is 16.3 Å². The Kier molecular flexibility index (Phi) is 5.84. The molecule has 0 bridgehead atoms. The molecule has 164 valence electrons. The number of hydrogen-bond acceptors (Lipinski definition) is 7. The summed E-state index contributed by atoms with van der Waals surface area (Å²) in [6.45, 7) is 3.05. The van der Waals surface area contributed by atoms with Crippen molar-refractivity contribution in [2.75, 3.05) is 44.7 Å². The zero-order valence-corrected chi connectivity index (χ0v) is 18.1. The largest absolute Gasteiger partial charge is 0.468 e. The fraction of sp³-hybridized carbons (Fsp3) is 0.400. The molecule has 10 nitrogen and oxygen atoms in total. The first-order valence-electron chi connectivity index (χ1n) is 9.86. The van der Waals surface area contributed by atoms with E-state index < -0.39 is 11.2 Å². The van der Waals surface area contributed by atoms with Gasteiger partial charge in [0.2, 0.25) is 5.95 Å². The number of benzene rings is 1. The van der Waals surface area contributed by atoms with Crippen LogP contribution in [-0.4, -0.2) is 69.8 Å². The molecule has 1 aliphatic rings. The number of aromatic nitrogens is 4. The first kappa shape index (κ1) is 21.1. The summed E-state index contributed by atoms with van der Waals surface area (Å²) in [4.78, 5) is 47.5. The number of anilines is 1. The van der Waals surface area contributed by atoms with Gasteiger partial charge in [0.1, 0.15) is 0 Å². The van der Waals surface area contributed by atoms with Gasteiger partial charge in [-0.25, -0.2) is 4.79 Å². The topological polar surface area (TPSA) is 105 Å². The highest BCUT2D eigenvalue weighted by Crippen LogP contribution is 2.24. The van der Waals surface area contributed by atoms with Gasteiger partial charge in [-0.1, -0.05) is 29.8 Å². The van der Waals surface area contributed by atoms with Crippen LogP contribution in [0.4, 0.5) is 5.95 Å². The van der Waals surface area contributed by atoms with Crippen molar-refractivity contribution < 1.29 is 9.53 Å². The molecule has 1 aliphatic heterocycles. The molecule has 1 fully saturated rings. The summed E-state index contributed by atoms with van der Waals surface area (Å²) in [6, 6.07) is 7.41. The molecule has 0 spiro atoms. The highest BCUT2D eigenvalue weighted by atomic mass is 35.5. The van der Waals surface area contributed by atoms with Crippen LogP contribution in [0.15, 0.2) is 33.9 Å². The van der Waals surface area contributed by atoms with E-state index in [-0.39, 0.29) is 12.5 Å². The molecule has 0 unspecified atom stereocenters. The number of nitrogens with one attached hydrogen (secondary N) is 1. The smallest absolute Gasteiger partial charge is 0.329 e. The number of carbonyl (C=O) groups is 1. The first-order chi connectivity index (χ1) is 14.9. The molecular weight excluding hydrogens is 424 g/mol. The van der Waals surface area contributed by atoms with Crippen LogP contribution < -0.4 is 16.1 Å². The number of hydrogen-bond donors (Lipinski definition) is 1. The van der Waals surface area contributed by atoms with Crippen molar-refractivity contribution in [1.29, 1.82) is 0 Å². The molecule has 3 aromatic rings. The van der Waals surface area contributed by atoms with Crippen molar-refractivity contribution in [2.45, 2.75) is 6.54 Å². The van der Waals surface area contributed by atoms with Gasteiger partial charge in [0, 0.05) is 38.2 Å². The third-order valence-electron chi connectivity index (χ3n) is 5.51. The Labute approximate surface area is 182 Å². The number of halogens is 1. The molecule has 11 heteroatoms. The van der Waals surface area contributed by atoms with Crippen LogP contribution in [0.25, 0.3) is 11.2 Å². The minimum atomic E-state index is -0.519. The van der Waals surface area contributed by atoms with Crippen molar-refractivity contribution in [3.05, 3.63) is 55.7 Å². The van der Waals surface area contributed by atoms with E-state index in [9.17, 15) is 14.4 Å². The molecule has 31 heavy (non-hydrogen) atoms. The zero-order chi connectivity index (χ0) is 22.1. The molecular formula is C20H23ClN6O4. The molecule has 0 aliphatic carbocycles. The van der Waals surface area contributed by atoms with Crippen LogP contribution in [0.3, 0.4) is 0 Å². The number of aryl methyl sites for hydroxylation is 1. The lowest BCUT2D eigenvalue weighted by molar-refractivity contribution is -0.142. The van der Waals surface area contributed by atoms with E-state index in [1.165, 1.54) is 11.7 Å². The van der Waals surface area contributed by atoms with E-state index in [1.54, 1.807) is 17.7 Å². The number of ether oxygens (including phenoxy) is 1. The van der Waals surface area contributed by atoms with E-state index in [2.05, 4.69) is 14.9 Å². The maximum atomic E-state index is 12.7. The van der Waals surface area contributed by atoms with Gasteiger partial charge < -0.3 is 9.64 Å². The predicted octanol–water partition coefficient (Wildman–Crippen LogP) is 0.420. The van der Waals surface area contributed by atoms with Crippen LogP contribution in [0.5, 0.6) is 0 Å². The third-order valence-corrected chi connectivity index (χ3v) is 5.88. The van der Waals surface area contributed by atoms with Gasteiger partial charge in [-0.2, -0.15) is 4.98 Å². The normalized spacial score (nSPS) is 14.9. The average molecular weight is 447 g/mol. The molecule has 1 aromatic carbocycles. The number of rotatable bonds is 5. The molecule has 1 saturated heterocycles. The number of esters is 1. The van der Waals surface area contributed by atoms with Crippen LogP contribution in [0, 0.1) is 0 Å². The van der Waals surface area contributed by atoms with Crippen LogP contribution in [-0.2, 0) is 23.1 Å². The van der Waals surface area contributed by atoms with Crippen LogP contribution in [0.2, 0.25) is 5.02 Å². The van der Waals surface area contributed by atoms with Crippen molar-refractivity contribution in [2.24, 2.45) is 7.05 Å². The number of fused-ring (bicyclic) bond motifs is 1. The summed E-state index contributed by atoms with van der Waals surface area (Å²) >= 11 is 6.37. The van der Waals surface area contributed by atoms with E-state index >= 15 is 0 Å². The SMILES string of the molecule is COC(=O)CN1CCN(c2nc3c(c(=O)[nH]c(=O)n3C)n2Cc2ccccc2Cl)CC1. The van der Waals surface area contributed by atoms with Crippen LogP contribution in [0.1, 0.15) is 5.56 Å². The Bertz CT molecular complexity index is 1240. The summed E-state index contributed by atoms with van der Waals surface area (Å²) < 4.78 is 7.87. The van der Waals surface area contributed by atoms with E-state index in [0.717, 1.165) is 5.56 Å². The summed E-state index contributed by atoms with van der Waals surface area (Å²) in [5, 5.41) is 0.583. The average Bonchev–Trinajstić information content (AvgIpc) is 3.14. The summed E-state index contributed by atoms with van der Waals surface area (Å²) in [5.74, 6) is 0.306. The number of aromatic amines is 1. The lowest BCUT2D eigenvalue weighted by Crippen LogP contribution is -2.48. The number of piperazine rings is 1. The molecule has 0 amide bonds. The Hall–Kier alpha value is -3.11.